The van der Waals surface area contributed by atoms with Crippen molar-refractivity contribution in [2.24, 2.45) is 0 Å². The molecule has 0 bridgehead atoms. The Bertz CT molecular complexity index is 826. The molecule has 0 amide bonds. The molecule has 0 unspecified atom stereocenters. The largest absolute Gasteiger partial charge is 0.416 e. The highest BCUT2D eigenvalue weighted by atomic mass is 19.4. The third kappa shape index (κ3) is 4.05. The summed E-state index contributed by atoms with van der Waals surface area (Å²) in [7, 11) is 0. The number of ether oxygens (including phenoxy) is 2. The minimum atomic E-state index is -4.36. The monoisotopic (exact) mass is 394 g/mol. The van der Waals surface area contributed by atoms with Crippen LogP contribution < -0.4 is 10.2 Å². The first-order valence-electron chi connectivity index (χ1n) is 9.16. The van der Waals surface area contributed by atoms with Gasteiger partial charge in [-0.2, -0.15) is 18.2 Å². The number of hydrogen-bond acceptors (Lipinski definition) is 6. The number of alkyl halides is 3. The van der Waals surface area contributed by atoms with Crippen molar-refractivity contribution in [3.8, 4) is 0 Å². The summed E-state index contributed by atoms with van der Waals surface area (Å²) in [6, 6.07) is 6.70. The van der Waals surface area contributed by atoms with E-state index in [1.165, 1.54) is 12.1 Å². The molecule has 2 saturated heterocycles. The van der Waals surface area contributed by atoms with Gasteiger partial charge in [0.15, 0.2) is 5.79 Å². The summed E-state index contributed by atoms with van der Waals surface area (Å²) in [4.78, 5) is 11.0. The van der Waals surface area contributed by atoms with Crippen LogP contribution in [0.25, 0.3) is 0 Å². The quantitative estimate of drug-likeness (QED) is 0.852. The maximum atomic E-state index is 12.7. The van der Waals surface area contributed by atoms with Crippen molar-refractivity contribution < 1.29 is 22.6 Å². The molecule has 2 aliphatic rings. The summed E-state index contributed by atoms with van der Waals surface area (Å²) in [6.07, 6.45) is -2.83. The number of aromatic nitrogens is 2. The third-order valence-electron chi connectivity index (χ3n) is 4.97. The third-order valence-corrected chi connectivity index (χ3v) is 4.97. The lowest BCUT2D eigenvalue weighted by Crippen LogP contribution is -2.45. The Kier molecular flexibility index (Phi) is 4.88. The maximum Gasteiger partial charge on any atom is 0.416 e. The van der Waals surface area contributed by atoms with Gasteiger partial charge in [-0.25, -0.2) is 4.98 Å². The van der Waals surface area contributed by atoms with E-state index in [0.717, 1.165) is 49.6 Å². The molecule has 6 nitrogen and oxygen atoms in total. The van der Waals surface area contributed by atoms with Gasteiger partial charge in [0.25, 0.3) is 0 Å². The van der Waals surface area contributed by atoms with Crippen LogP contribution in [0.1, 0.15) is 24.1 Å². The van der Waals surface area contributed by atoms with Gasteiger partial charge in [0, 0.05) is 43.4 Å². The van der Waals surface area contributed by atoms with Gasteiger partial charge in [0.2, 0.25) is 5.95 Å². The van der Waals surface area contributed by atoms with E-state index in [1.54, 1.807) is 0 Å². The molecule has 0 radical (unpaired) electrons. The lowest BCUT2D eigenvalue weighted by Gasteiger charge is -2.38. The van der Waals surface area contributed by atoms with Crippen molar-refractivity contribution in [3.05, 3.63) is 41.6 Å². The molecule has 28 heavy (non-hydrogen) atoms. The van der Waals surface area contributed by atoms with Gasteiger partial charge >= 0.3 is 6.18 Å². The summed E-state index contributed by atoms with van der Waals surface area (Å²) in [5.41, 5.74) is 0.575. The van der Waals surface area contributed by atoms with E-state index in [0.29, 0.717) is 24.8 Å². The molecule has 3 heterocycles. The van der Waals surface area contributed by atoms with Crippen LogP contribution in [0.2, 0.25) is 0 Å². The van der Waals surface area contributed by atoms with E-state index in [2.05, 4.69) is 20.2 Å². The number of nitrogens with zero attached hydrogens (tertiary/aromatic N) is 3. The van der Waals surface area contributed by atoms with Gasteiger partial charge < -0.3 is 19.7 Å². The Balaban J connectivity index is 1.47. The Morgan fingerprint density at radius 1 is 1.04 bits per heavy atom. The van der Waals surface area contributed by atoms with E-state index in [-0.39, 0.29) is 0 Å². The molecule has 0 aliphatic carbocycles. The molecule has 1 spiro atoms. The SMILES string of the molecule is Cc1cc(N2CCC3(CC2)OCCO3)nc(Nc2ccc(C(F)(F)F)cc2)n1. The van der Waals surface area contributed by atoms with E-state index >= 15 is 0 Å². The Morgan fingerprint density at radius 2 is 1.68 bits per heavy atom. The van der Waals surface area contributed by atoms with Gasteiger partial charge in [-0.05, 0) is 31.2 Å². The molecule has 1 N–H and O–H groups in total. The van der Waals surface area contributed by atoms with Crippen LogP contribution in [0.5, 0.6) is 0 Å². The van der Waals surface area contributed by atoms with Gasteiger partial charge in [0.1, 0.15) is 5.82 Å². The van der Waals surface area contributed by atoms with Crippen LogP contribution in [-0.4, -0.2) is 42.1 Å². The highest BCUT2D eigenvalue weighted by Gasteiger charge is 2.40. The summed E-state index contributed by atoms with van der Waals surface area (Å²) in [5.74, 6) is 0.665. The molecule has 0 atom stereocenters. The maximum absolute atomic E-state index is 12.7. The van der Waals surface area contributed by atoms with E-state index < -0.39 is 17.5 Å². The Morgan fingerprint density at radius 3 is 2.29 bits per heavy atom. The van der Waals surface area contributed by atoms with Crippen molar-refractivity contribution in [1.29, 1.82) is 0 Å². The van der Waals surface area contributed by atoms with Crippen molar-refractivity contribution >= 4 is 17.5 Å². The highest BCUT2D eigenvalue weighted by Crippen LogP contribution is 2.33. The average molecular weight is 394 g/mol. The Labute approximate surface area is 160 Å². The molecule has 4 rings (SSSR count). The van der Waals surface area contributed by atoms with Crippen LogP contribution in [0.4, 0.5) is 30.6 Å². The number of anilines is 3. The minimum Gasteiger partial charge on any atom is -0.356 e. The number of rotatable bonds is 3. The van der Waals surface area contributed by atoms with Crippen LogP contribution in [0, 0.1) is 6.92 Å². The molecule has 1 aromatic heterocycles. The lowest BCUT2D eigenvalue weighted by molar-refractivity contribution is -0.169. The lowest BCUT2D eigenvalue weighted by atomic mass is 10.0. The standard InChI is InChI=1S/C19H21F3N4O2/c1-13-12-16(26-8-6-18(7-9-26)27-10-11-28-18)25-17(23-13)24-15-4-2-14(3-5-15)19(20,21)22/h2-5,12H,6-11H2,1H3,(H,23,24,25). The molecule has 150 valence electrons. The summed E-state index contributed by atoms with van der Waals surface area (Å²) in [5, 5.41) is 2.99. The fourth-order valence-electron chi connectivity index (χ4n) is 3.50. The molecule has 2 aliphatic heterocycles. The molecule has 1 aromatic carbocycles. The number of nitrogens with one attached hydrogen (secondary N) is 1. The number of benzene rings is 1. The first-order chi connectivity index (χ1) is 13.3. The number of piperidine rings is 1. The summed E-state index contributed by atoms with van der Waals surface area (Å²) in [6.45, 7) is 4.62. The van der Waals surface area contributed by atoms with Crippen molar-refractivity contribution in [2.45, 2.75) is 31.7 Å². The smallest absolute Gasteiger partial charge is 0.356 e. The second-order valence-corrected chi connectivity index (χ2v) is 6.99. The molecule has 0 saturated carbocycles. The van der Waals surface area contributed by atoms with E-state index in [4.69, 9.17) is 9.47 Å². The molecular formula is C19H21F3N4O2. The summed E-state index contributed by atoms with van der Waals surface area (Å²) >= 11 is 0. The number of aryl methyl sites for hydroxylation is 1. The molecule has 2 fully saturated rings. The van der Waals surface area contributed by atoms with Gasteiger partial charge in [-0.1, -0.05) is 0 Å². The van der Waals surface area contributed by atoms with Gasteiger partial charge in [0.05, 0.1) is 18.8 Å². The van der Waals surface area contributed by atoms with Crippen LogP contribution in [-0.2, 0) is 15.7 Å². The minimum absolute atomic E-state index is 0.350. The van der Waals surface area contributed by atoms with Crippen molar-refractivity contribution in [2.75, 3.05) is 36.5 Å². The van der Waals surface area contributed by atoms with Gasteiger partial charge in [-0.15, -0.1) is 0 Å². The topological polar surface area (TPSA) is 59.5 Å². The summed E-state index contributed by atoms with van der Waals surface area (Å²) < 4.78 is 49.6. The first-order valence-corrected chi connectivity index (χ1v) is 9.16. The number of hydrogen-bond donors (Lipinski definition) is 1. The van der Waals surface area contributed by atoms with Crippen LogP contribution in [0.15, 0.2) is 30.3 Å². The van der Waals surface area contributed by atoms with Gasteiger partial charge in [-0.3, -0.25) is 0 Å². The Hall–Kier alpha value is -2.39. The fourth-order valence-corrected chi connectivity index (χ4v) is 3.50. The van der Waals surface area contributed by atoms with Crippen molar-refractivity contribution in [3.63, 3.8) is 0 Å². The predicted octanol–water partition coefficient (Wildman–Crippen LogP) is 3.89. The zero-order valence-electron chi connectivity index (χ0n) is 15.4. The van der Waals surface area contributed by atoms with Crippen LogP contribution in [0.3, 0.4) is 0 Å². The van der Waals surface area contributed by atoms with Crippen molar-refractivity contribution in [1.82, 2.24) is 9.97 Å². The van der Waals surface area contributed by atoms with E-state index in [1.807, 2.05) is 13.0 Å². The predicted molar refractivity (Wildman–Crippen MR) is 97.6 cm³/mol. The normalized spacial score (nSPS) is 19.2. The first kappa shape index (κ1) is 18.9. The molecular weight excluding hydrogens is 373 g/mol. The molecule has 9 heteroatoms. The molecule has 2 aromatic rings. The fraction of sp³-hybridized carbons (Fsp3) is 0.474. The van der Waals surface area contributed by atoms with Crippen LogP contribution >= 0.6 is 0 Å². The number of halogens is 3. The highest BCUT2D eigenvalue weighted by molar-refractivity contribution is 5.56. The zero-order valence-corrected chi connectivity index (χ0v) is 15.4. The van der Waals surface area contributed by atoms with E-state index in [9.17, 15) is 13.2 Å². The zero-order chi connectivity index (χ0) is 19.8. The average Bonchev–Trinajstić information content (AvgIpc) is 3.09. The second-order valence-electron chi connectivity index (χ2n) is 6.99. The second kappa shape index (κ2) is 7.21.